The van der Waals surface area contributed by atoms with Crippen LogP contribution in [-0.2, 0) is 14.3 Å². The van der Waals surface area contributed by atoms with Gasteiger partial charge in [-0.2, -0.15) is 0 Å². The first-order valence-electron chi connectivity index (χ1n) is 12.0. The van der Waals surface area contributed by atoms with Crippen molar-refractivity contribution in [1.82, 2.24) is 5.32 Å². The van der Waals surface area contributed by atoms with Crippen LogP contribution in [0.3, 0.4) is 0 Å². The number of esters is 1. The smallest absolute Gasteiger partial charge is 0.336 e. The van der Waals surface area contributed by atoms with Crippen molar-refractivity contribution in [3.63, 3.8) is 0 Å². The number of carbonyl (C=O) groups is 2. The first-order chi connectivity index (χ1) is 17.8. The molecule has 9 nitrogen and oxygen atoms in total. The highest BCUT2D eigenvalue weighted by molar-refractivity contribution is 6.30. The molecular weight excluding hydrogens is 500 g/mol. The summed E-state index contributed by atoms with van der Waals surface area (Å²) in [5, 5.41) is 16.0. The second-order valence-corrected chi connectivity index (χ2v) is 9.66. The van der Waals surface area contributed by atoms with E-state index >= 15 is 0 Å². The zero-order valence-corrected chi connectivity index (χ0v) is 21.1. The van der Waals surface area contributed by atoms with Gasteiger partial charge in [-0.25, -0.2) is 4.79 Å². The van der Waals surface area contributed by atoms with Gasteiger partial charge in [0, 0.05) is 34.0 Å². The number of nitrogens with one attached hydrogen (secondary N) is 1. The van der Waals surface area contributed by atoms with Gasteiger partial charge in [-0.05, 0) is 49.4 Å². The molecule has 2 atom stereocenters. The van der Waals surface area contributed by atoms with Crippen molar-refractivity contribution in [1.29, 1.82) is 0 Å². The number of allylic oxidation sites excluding steroid dienone is 3. The molecule has 3 aliphatic rings. The predicted octanol–water partition coefficient (Wildman–Crippen LogP) is 5.29. The van der Waals surface area contributed by atoms with Crippen LogP contribution in [-0.4, -0.2) is 30.1 Å². The van der Waals surface area contributed by atoms with Gasteiger partial charge < -0.3 is 19.5 Å². The van der Waals surface area contributed by atoms with Crippen molar-refractivity contribution < 1.29 is 28.7 Å². The minimum absolute atomic E-state index is 0.0714. The zero-order valence-electron chi connectivity index (χ0n) is 20.3. The maximum atomic E-state index is 13.7. The number of halogens is 1. The van der Waals surface area contributed by atoms with Crippen molar-refractivity contribution >= 4 is 29.0 Å². The molecule has 37 heavy (non-hydrogen) atoms. The SMILES string of the molecule is CCCOC(=O)C1=C(C)NC2=C(C(=O)C[C@H](c3ccc(Cl)cc3)C2)[C@H]1c1cc2c(cc1[N+](=O)[O-])OCO2. The number of Topliss-reactive ketones (excluding diaryl/α,β-unsaturated/α-hetero) is 1. The van der Waals surface area contributed by atoms with Gasteiger partial charge in [-0.15, -0.1) is 0 Å². The lowest BCUT2D eigenvalue weighted by Crippen LogP contribution is -2.36. The predicted molar refractivity (Wildman–Crippen MR) is 135 cm³/mol. The molecule has 0 radical (unpaired) electrons. The van der Waals surface area contributed by atoms with E-state index in [9.17, 15) is 19.7 Å². The number of ketones is 1. The molecular formula is C27H25ClN2O7. The van der Waals surface area contributed by atoms with Gasteiger partial charge in [-0.3, -0.25) is 14.9 Å². The van der Waals surface area contributed by atoms with Gasteiger partial charge >= 0.3 is 5.97 Å². The molecule has 0 fully saturated rings. The summed E-state index contributed by atoms with van der Waals surface area (Å²) >= 11 is 6.05. The average Bonchev–Trinajstić information content (AvgIpc) is 3.33. The van der Waals surface area contributed by atoms with Crippen molar-refractivity contribution in [3.05, 3.63) is 85.2 Å². The molecule has 192 valence electrons. The van der Waals surface area contributed by atoms with Gasteiger partial charge in [0.05, 0.1) is 29.1 Å². The van der Waals surface area contributed by atoms with E-state index in [1.165, 1.54) is 12.1 Å². The standard InChI is InChI=1S/C27H25ClN2O7/c1-3-8-35-27(32)24-14(2)29-19-9-16(15-4-6-17(28)7-5-15)10-21(31)26(19)25(24)18-11-22-23(37-13-36-22)12-20(18)30(33)34/h4-7,11-12,16,25,29H,3,8-10,13H2,1-2H3/t16-,25+/m1/s1. The van der Waals surface area contributed by atoms with Crippen molar-refractivity contribution in [2.75, 3.05) is 13.4 Å². The van der Waals surface area contributed by atoms with Crippen LogP contribution in [0, 0.1) is 10.1 Å². The summed E-state index contributed by atoms with van der Waals surface area (Å²) in [6.07, 6.45) is 1.29. The second kappa shape index (κ2) is 9.89. The van der Waals surface area contributed by atoms with Gasteiger partial charge in [0.1, 0.15) is 0 Å². The molecule has 2 aromatic carbocycles. The Hall–Kier alpha value is -3.85. The average molecular weight is 525 g/mol. The number of rotatable bonds is 6. The number of nitrogens with zero attached hydrogens (tertiary/aromatic N) is 1. The number of nitro benzene ring substituents is 1. The van der Waals surface area contributed by atoms with Crippen LogP contribution < -0.4 is 14.8 Å². The summed E-state index contributed by atoms with van der Waals surface area (Å²) in [6, 6.07) is 10.1. The topological polar surface area (TPSA) is 117 Å². The lowest BCUT2D eigenvalue weighted by molar-refractivity contribution is -0.385. The summed E-state index contributed by atoms with van der Waals surface area (Å²) in [6.45, 7) is 3.70. The van der Waals surface area contributed by atoms with Crippen LogP contribution in [0.25, 0.3) is 0 Å². The highest BCUT2D eigenvalue weighted by atomic mass is 35.5. The monoisotopic (exact) mass is 524 g/mol. The van der Waals surface area contributed by atoms with Crippen LogP contribution in [0.1, 0.15) is 56.1 Å². The molecule has 1 aliphatic carbocycles. The van der Waals surface area contributed by atoms with Gasteiger partial charge in [0.2, 0.25) is 6.79 Å². The largest absolute Gasteiger partial charge is 0.462 e. The molecule has 0 unspecified atom stereocenters. The molecule has 0 saturated carbocycles. The molecule has 5 rings (SSSR count). The van der Waals surface area contributed by atoms with Crippen LogP contribution in [0.4, 0.5) is 5.69 Å². The highest BCUT2D eigenvalue weighted by Gasteiger charge is 2.44. The number of hydrogen-bond donors (Lipinski definition) is 1. The Morgan fingerprint density at radius 2 is 1.89 bits per heavy atom. The molecule has 10 heteroatoms. The summed E-state index contributed by atoms with van der Waals surface area (Å²) in [5.41, 5.74) is 2.52. The van der Waals surface area contributed by atoms with E-state index < -0.39 is 16.8 Å². The summed E-state index contributed by atoms with van der Waals surface area (Å²) < 4.78 is 16.3. The minimum atomic E-state index is -0.992. The van der Waals surface area contributed by atoms with Crippen LogP contribution >= 0.6 is 11.6 Å². The Labute approximate surface area is 218 Å². The van der Waals surface area contributed by atoms with Crippen LogP contribution in [0.5, 0.6) is 11.5 Å². The number of benzene rings is 2. The quantitative estimate of drug-likeness (QED) is 0.307. The number of carbonyl (C=O) groups excluding carboxylic acids is 2. The fourth-order valence-corrected chi connectivity index (χ4v) is 5.33. The zero-order chi connectivity index (χ0) is 26.3. The van der Waals surface area contributed by atoms with E-state index in [4.69, 9.17) is 25.8 Å². The molecule has 2 heterocycles. The first-order valence-corrected chi connectivity index (χ1v) is 12.4. The third-order valence-electron chi connectivity index (χ3n) is 6.86. The summed E-state index contributed by atoms with van der Waals surface area (Å²) in [4.78, 5) is 38.6. The Bertz CT molecular complexity index is 1360. The number of ether oxygens (including phenoxy) is 3. The van der Waals surface area contributed by atoms with E-state index in [1.807, 2.05) is 19.1 Å². The van der Waals surface area contributed by atoms with Crippen molar-refractivity contribution in [2.45, 2.75) is 44.9 Å². The van der Waals surface area contributed by atoms with Crippen LogP contribution in [0.2, 0.25) is 5.02 Å². The fraction of sp³-hybridized carbons (Fsp3) is 0.333. The van der Waals surface area contributed by atoms with E-state index in [0.717, 1.165) is 5.56 Å². The molecule has 2 aliphatic heterocycles. The third-order valence-corrected chi connectivity index (χ3v) is 7.11. The Balaban J connectivity index is 1.66. The Kier molecular flexibility index (Phi) is 6.64. The Morgan fingerprint density at radius 3 is 2.57 bits per heavy atom. The summed E-state index contributed by atoms with van der Waals surface area (Å²) in [5.74, 6) is -1.35. The first kappa shape index (κ1) is 24.8. The van der Waals surface area contributed by atoms with Crippen molar-refractivity contribution in [2.24, 2.45) is 0 Å². The molecule has 0 bridgehead atoms. The highest BCUT2D eigenvalue weighted by Crippen LogP contribution is 2.50. The third kappa shape index (κ3) is 4.55. The molecule has 0 spiro atoms. The van der Waals surface area contributed by atoms with E-state index in [1.54, 1.807) is 19.1 Å². The molecule has 1 N–H and O–H groups in total. The molecule has 0 amide bonds. The van der Waals surface area contributed by atoms with Gasteiger partial charge in [0.25, 0.3) is 5.69 Å². The normalized spacial score (nSPS) is 20.5. The van der Waals surface area contributed by atoms with Gasteiger partial charge in [0.15, 0.2) is 17.3 Å². The van der Waals surface area contributed by atoms with Gasteiger partial charge in [-0.1, -0.05) is 30.7 Å². The van der Waals surface area contributed by atoms with E-state index in [0.29, 0.717) is 40.6 Å². The number of hydrogen-bond acceptors (Lipinski definition) is 8. The number of dihydropyridines is 1. The van der Waals surface area contributed by atoms with Crippen molar-refractivity contribution in [3.8, 4) is 11.5 Å². The van der Waals surface area contributed by atoms with E-state index in [-0.39, 0.29) is 54.1 Å². The lowest BCUT2D eigenvalue weighted by atomic mass is 9.71. The fourth-order valence-electron chi connectivity index (χ4n) is 5.20. The maximum absolute atomic E-state index is 13.7. The van der Waals surface area contributed by atoms with E-state index in [2.05, 4.69) is 5.32 Å². The molecule has 0 aromatic heterocycles. The lowest BCUT2D eigenvalue weighted by Gasteiger charge is -2.36. The molecule has 0 saturated heterocycles. The number of nitro groups is 1. The Morgan fingerprint density at radius 1 is 1.19 bits per heavy atom. The minimum Gasteiger partial charge on any atom is -0.462 e. The van der Waals surface area contributed by atoms with Crippen LogP contribution in [0.15, 0.2) is 58.9 Å². The maximum Gasteiger partial charge on any atom is 0.336 e. The number of fused-ring (bicyclic) bond motifs is 1. The molecule has 2 aromatic rings. The summed E-state index contributed by atoms with van der Waals surface area (Å²) in [7, 11) is 0. The second-order valence-electron chi connectivity index (χ2n) is 9.23.